The molecule has 1 fully saturated rings. The summed E-state index contributed by atoms with van der Waals surface area (Å²) in [5.41, 5.74) is 0. The van der Waals surface area contributed by atoms with Gasteiger partial charge in [-0.1, -0.05) is 20.3 Å². The lowest BCUT2D eigenvalue weighted by Gasteiger charge is -2.34. The quantitative estimate of drug-likeness (QED) is 0.554. The standard InChI is InChI=1S/C16H33NO4/c1-3-4-8-19-10-12-21-13-11-20-9-7-17-6-5-15(2)16(18)14-17/h15-16,18H,3-14H2,1-2H3. The number of aliphatic hydroxyl groups excluding tert-OH is 1. The summed E-state index contributed by atoms with van der Waals surface area (Å²) in [6.07, 6.45) is 3.17. The van der Waals surface area contributed by atoms with Crippen molar-refractivity contribution in [2.75, 3.05) is 59.3 Å². The monoisotopic (exact) mass is 303 g/mol. The molecule has 2 atom stereocenters. The second-order valence-corrected chi connectivity index (χ2v) is 5.82. The van der Waals surface area contributed by atoms with Crippen molar-refractivity contribution in [1.29, 1.82) is 0 Å². The largest absolute Gasteiger partial charge is 0.392 e. The van der Waals surface area contributed by atoms with Crippen molar-refractivity contribution in [3.8, 4) is 0 Å². The van der Waals surface area contributed by atoms with Crippen LogP contribution in [-0.2, 0) is 14.2 Å². The summed E-state index contributed by atoms with van der Waals surface area (Å²) in [6.45, 7) is 11.1. The van der Waals surface area contributed by atoms with Crippen molar-refractivity contribution >= 4 is 0 Å². The SMILES string of the molecule is CCCCOCCOCCOCCN1CCC(C)C(O)C1. The summed E-state index contributed by atoms with van der Waals surface area (Å²) >= 11 is 0. The van der Waals surface area contributed by atoms with Gasteiger partial charge < -0.3 is 19.3 Å². The summed E-state index contributed by atoms with van der Waals surface area (Å²) in [4.78, 5) is 2.27. The topological polar surface area (TPSA) is 51.2 Å². The molecule has 0 saturated carbocycles. The van der Waals surface area contributed by atoms with Gasteiger partial charge in [-0.2, -0.15) is 0 Å². The molecule has 0 spiro atoms. The molecule has 5 nitrogen and oxygen atoms in total. The van der Waals surface area contributed by atoms with Gasteiger partial charge in [0.25, 0.3) is 0 Å². The third-order valence-electron chi connectivity index (χ3n) is 3.94. The van der Waals surface area contributed by atoms with Crippen molar-refractivity contribution in [3.05, 3.63) is 0 Å². The Balaban J connectivity index is 1.80. The van der Waals surface area contributed by atoms with Crippen LogP contribution in [0, 0.1) is 5.92 Å². The molecule has 0 aromatic carbocycles. The minimum atomic E-state index is -0.185. The van der Waals surface area contributed by atoms with Gasteiger partial charge in [-0.05, 0) is 25.3 Å². The highest BCUT2D eigenvalue weighted by Crippen LogP contribution is 2.16. The van der Waals surface area contributed by atoms with Gasteiger partial charge in [0.05, 0.1) is 39.1 Å². The van der Waals surface area contributed by atoms with Gasteiger partial charge in [-0.25, -0.2) is 0 Å². The van der Waals surface area contributed by atoms with Crippen LogP contribution in [0.3, 0.4) is 0 Å². The minimum Gasteiger partial charge on any atom is -0.392 e. The minimum absolute atomic E-state index is 0.185. The molecule has 0 aromatic rings. The zero-order valence-corrected chi connectivity index (χ0v) is 13.8. The molecule has 1 saturated heterocycles. The van der Waals surface area contributed by atoms with Gasteiger partial charge in [-0.3, -0.25) is 4.90 Å². The Morgan fingerprint density at radius 2 is 1.62 bits per heavy atom. The number of hydrogen-bond donors (Lipinski definition) is 1. The number of hydrogen-bond acceptors (Lipinski definition) is 5. The van der Waals surface area contributed by atoms with Crippen LogP contribution < -0.4 is 0 Å². The summed E-state index contributed by atoms with van der Waals surface area (Å²) < 4.78 is 16.4. The van der Waals surface area contributed by atoms with Crippen LogP contribution in [0.2, 0.25) is 0 Å². The molecule has 0 radical (unpaired) electrons. The van der Waals surface area contributed by atoms with Crippen LogP contribution in [-0.4, -0.2) is 75.4 Å². The summed E-state index contributed by atoms with van der Waals surface area (Å²) in [7, 11) is 0. The van der Waals surface area contributed by atoms with Crippen molar-refractivity contribution in [2.45, 2.75) is 39.2 Å². The van der Waals surface area contributed by atoms with E-state index < -0.39 is 0 Å². The predicted octanol–water partition coefficient (Wildman–Crippen LogP) is 1.54. The van der Waals surface area contributed by atoms with E-state index in [0.717, 1.165) is 39.1 Å². The summed E-state index contributed by atoms with van der Waals surface area (Å²) in [5.74, 6) is 0.426. The molecule has 1 aliphatic heterocycles. The van der Waals surface area contributed by atoms with E-state index in [-0.39, 0.29) is 6.10 Å². The molecular formula is C16H33NO4. The summed E-state index contributed by atoms with van der Waals surface area (Å²) in [5, 5.41) is 9.81. The van der Waals surface area contributed by atoms with Crippen molar-refractivity contribution in [2.24, 2.45) is 5.92 Å². The van der Waals surface area contributed by atoms with E-state index in [2.05, 4.69) is 18.7 Å². The Morgan fingerprint density at radius 1 is 1.00 bits per heavy atom. The van der Waals surface area contributed by atoms with Crippen LogP contribution >= 0.6 is 0 Å². The zero-order chi connectivity index (χ0) is 15.3. The molecule has 1 rings (SSSR count). The lowest BCUT2D eigenvalue weighted by molar-refractivity contribution is -0.00453. The first kappa shape index (κ1) is 18.8. The molecule has 0 amide bonds. The van der Waals surface area contributed by atoms with E-state index in [4.69, 9.17) is 14.2 Å². The first-order valence-electron chi connectivity index (χ1n) is 8.37. The Hall–Kier alpha value is -0.200. The number of piperidine rings is 1. The predicted molar refractivity (Wildman–Crippen MR) is 83.6 cm³/mol. The molecule has 0 aliphatic carbocycles. The number of ether oxygens (including phenoxy) is 3. The molecule has 21 heavy (non-hydrogen) atoms. The molecule has 1 aliphatic rings. The first-order valence-corrected chi connectivity index (χ1v) is 8.37. The van der Waals surface area contributed by atoms with E-state index >= 15 is 0 Å². The Labute approximate surface area is 129 Å². The number of nitrogens with zero attached hydrogens (tertiary/aromatic N) is 1. The van der Waals surface area contributed by atoms with Crippen molar-refractivity contribution < 1.29 is 19.3 Å². The molecule has 5 heteroatoms. The fourth-order valence-electron chi connectivity index (χ4n) is 2.30. The Kier molecular flexibility index (Phi) is 11.1. The number of unbranched alkanes of at least 4 members (excludes halogenated alkanes) is 1. The second-order valence-electron chi connectivity index (χ2n) is 5.82. The van der Waals surface area contributed by atoms with Crippen LogP contribution in [0.5, 0.6) is 0 Å². The third kappa shape index (κ3) is 9.42. The maximum absolute atomic E-state index is 9.81. The van der Waals surface area contributed by atoms with E-state index in [1.165, 1.54) is 6.42 Å². The summed E-state index contributed by atoms with van der Waals surface area (Å²) in [6, 6.07) is 0. The molecule has 1 heterocycles. The number of rotatable bonds is 12. The van der Waals surface area contributed by atoms with Crippen molar-refractivity contribution in [1.82, 2.24) is 4.90 Å². The highest BCUT2D eigenvalue weighted by atomic mass is 16.5. The van der Waals surface area contributed by atoms with Gasteiger partial charge in [0.1, 0.15) is 0 Å². The Morgan fingerprint density at radius 3 is 2.24 bits per heavy atom. The molecule has 0 aromatic heterocycles. The normalized spacial score (nSPS) is 23.6. The van der Waals surface area contributed by atoms with Gasteiger partial charge in [0.15, 0.2) is 0 Å². The molecule has 126 valence electrons. The molecule has 1 N–H and O–H groups in total. The zero-order valence-electron chi connectivity index (χ0n) is 13.8. The number of β-amino-alcohol motifs (C(OH)–C–C–N with tert-alkyl or cyclic N) is 1. The fraction of sp³-hybridized carbons (Fsp3) is 1.00. The average molecular weight is 303 g/mol. The first-order chi connectivity index (χ1) is 10.2. The van der Waals surface area contributed by atoms with Gasteiger partial charge in [0.2, 0.25) is 0 Å². The number of likely N-dealkylation sites (tertiary alicyclic amines) is 1. The fourth-order valence-corrected chi connectivity index (χ4v) is 2.30. The average Bonchev–Trinajstić information content (AvgIpc) is 2.48. The Bertz CT molecular complexity index is 240. The van der Waals surface area contributed by atoms with Crippen LogP contribution in [0.25, 0.3) is 0 Å². The highest BCUT2D eigenvalue weighted by molar-refractivity contribution is 4.76. The smallest absolute Gasteiger partial charge is 0.0701 e. The molecule has 0 bridgehead atoms. The van der Waals surface area contributed by atoms with Crippen LogP contribution in [0.1, 0.15) is 33.1 Å². The van der Waals surface area contributed by atoms with Crippen LogP contribution in [0.4, 0.5) is 0 Å². The molecule has 2 unspecified atom stereocenters. The lowest BCUT2D eigenvalue weighted by atomic mass is 9.96. The van der Waals surface area contributed by atoms with Gasteiger partial charge >= 0.3 is 0 Å². The lowest BCUT2D eigenvalue weighted by Crippen LogP contribution is -2.44. The van der Waals surface area contributed by atoms with E-state index in [1.54, 1.807) is 0 Å². The van der Waals surface area contributed by atoms with E-state index in [1.807, 2.05) is 0 Å². The van der Waals surface area contributed by atoms with Crippen LogP contribution in [0.15, 0.2) is 0 Å². The van der Waals surface area contributed by atoms with E-state index in [9.17, 15) is 5.11 Å². The highest BCUT2D eigenvalue weighted by Gasteiger charge is 2.23. The number of aliphatic hydroxyl groups is 1. The molecular weight excluding hydrogens is 270 g/mol. The maximum atomic E-state index is 9.81. The maximum Gasteiger partial charge on any atom is 0.0701 e. The van der Waals surface area contributed by atoms with Gasteiger partial charge in [-0.15, -0.1) is 0 Å². The van der Waals surface area contributed by atoms with Gasteiger partial charge in [0, 0.05) is 19.7 Å². The van der Waals surface area contributed by atoms with E-state index in [0.29, 0.717) is 39.0 Å². The van der Waals surface area contributed by atoms with Crippen molar-refractivity contribution in [3.63, 3.8) is 0 Å². The second kappa shape index (κ2) is 12.4. The third-order valence-corrected chi connectivity index (χ3v) is 3.94.